The van der Waals surface area contributed by atoms with Crippen LogP contribution in [-0.2, 0) is 9.59 Å². The maximum absolute atomic E-state index is 12.5. The number of hydrogen-bond donors (Lipinski definition) is 1. The Morgan fingerprint density at radius 3 is 2.62 bits per heavy atom. The van der Waals surface area contributed by atoms with Crippen LogP contribution in [0, 0.1) is 0 Å². The quantitative estimate of drug-likeness (QED) is 0.499. The summed E-state index contributed by atoms with van der Waals surface area (Å²) >= 11 is 5.55. The van der Waals surface area contributed by atoms with Crippen LogP contribution >= 0.6 is 11.6 Å². The summed E-state index contributed by atoms with van der Waals surface area (Å²) in [5.74, 6) is 0.0880. The monoisotopic (exact) mass is 352 g/mol. The van der Waals surface area contributed by atoms with Crippen molar-refractivity contribution in [2.45, 2.75) is 32.2 Å². The molecule has 0 atom stereocenters. The van der Waals surface area contributed by atoms with Crippen LogP contribution in [0.3, 0.4) is 0 Å². The maximum atomic E-state index is 12.5. The van der Waals surface area contributed by atoms with Crippen molar-refractivity contribution in [2.24, 2.45) is 0 Å². The average molecular weight is 353 g/mol. The molecule has 0 aromatic heterocycles. The van der Waals surface area contributed by atoms with Crippen LogP contribution in [0.4, 0.5) is 0 Å². The molecular formula is C17H21ClN2O4. The Balaban J connectivity index is 1.91. The van der Waals surface area contributed by atoms with Gasteiger partial charge in [0, 0.05) is 43.9 Å². The molecule has 0 radical (unpaired) electrons. The molecule has 1 aromatic rings. The van der Waals surface area contributed by atoms with Gasteiger partial charge in [0.25, 0.3) is 5.91 Å². The number of piperidine rings is 1. The predicted octanol–water partition coefficient (Wildman–Crippen LogP) is 1.96. The van der Waals surface area contributed by atoms with Crippen LogP contribution in [0.15, 0.2) is 24.3 Å². The molecule has 0 aliphatic carbocycles. The Labute approximate surface area is 146 Å². The molecule has 0 saturated carbocycles. The van der Waals surface area contributed by atoms with Crippen LogP contribution in [0.25, 0.3) is 0 Å². The second kappa shape index (κ2) is 8.68. The van der Waals surface area contributed by atoms with E-state index in [1.54, 1.807) is 29.2 Å². The first-order chi connectivity index (χ1) is 11.5. The molecule has 1 fully saturated rings. The third kappa shape index (κ3) is 5.23. The fourth-order valence-corrected chi connectivity index (χ4v) is 2.83. The van der Waals surface area contributed by atoms with Gasteiger partial charge in [0.1, 0.15) is 5.75 Å². The summed E-state index contributed by atoms with van der Waals surface area (Å²) in [5, 5.41) is 2.93. The largest absolute Gasteiger partial charge is 0.427 e. The molecule has 1 saturated heterocycles. The first-order valence-electron chi connectivity index (χ1n) is 7.92. The third-order valence-electron chi connectivity index (χ3n) is 3.81. The Morgan fingerprint density at radius 1 is 1.29 bits per heavy atom. The molecule has 2 amide bonds. The summed E-state index contributed by atoms with van der Waals surface area (Å²) < 4.78 is 5.01. The Morgan fingerprint density at radius 2 is 2.00 bits per heavy atom. The summed E-state index contributed by atoms with van der Waals surface area (Å²) in [4.78, 5) is 36.9. The number of rotatable bonds is 5. The van der Waals surface area contributed by atoms with Gasteiger partial charge >= 0.3 is 5.97 Å². The lowest BCUT2D eigenvalue weighted by atomic mass is 10.0. The lowest BCUT2D eigenvalue weighted by Gasteiger charge is -2.32. The van der Waals surface area contributed by atoms with E-state index in [-0.39, 0.29) is 17.9 Å². The Kier molecular flexibility index (Phi) is 6.61. The number of likely N-dealkylation sites (tertiary alicyclic amines) is 1. The van der Waals surface area contributed by atoms with Gasteiger partial charge in [0.05, 0.1) is 0 Å². The zero-order valence-corrected chi connectivity index (χ0v) is 14.3. The molecule has 7 heteroatoms. The van der Waals surface area contributed by atoms with Crippen molar-refractivity contribution < 1.29 is 19.1 Å². The van der Waals surface area contributed by atoms with E-state index in [1.807, 2.05) is 0 Å². The normalized spacial score (nSPS) is 15.0. The first-order valence-corrected chi connectivity index (χ1v) is 8.46. The lowest BCUT2D eigenvalue weighted by Crippen LogP contribution is -2.46. The zero-order chi connectivity index (χ0) is 17.5. The molecule has 6 nitrogen and oxygen atoms in total. The van der Waals surface area contributed by atoms with E-state index in [9.17, 15) is 14.4 Å². The van der Waals surface area contributed by atoms with Gasteiger partial charge in [-0.05, 0) is 31.0 Å². The first kappa shape index (κ1) is 18.3. The number of hydrogen-bond acceptors (Lipinski definition) is 4. The summed E-state index contributed by atoms with van der Waals surface area (Å²) in [6.45, 7) is 2.46. The molecule has 1 heterocycles. The van der Waals surface area contributed by atoms with E-state index < -0.39 is 5.97 Å². The van der Waals surface area contributed by atoms with Gasteiger partial charge in [0.15, 0.2) is 0 Å². The fraction of sp³-hybridized carbons (Fsp3) is 0.471. The number of amides is 2. The highest BCUT2D eigenvalue weighted by molar-refractivity contribution is 6.18. The summed E-state index contributed by atoms with van der Waals surface area (Å²) in [7, 11) is 0. The van der Waals surface area contributed by atoms with Crippen LogP contribution in [0.2, 0.25) is 0 Å². The molecule has 2 rings (SSSR count). The average Bonchev–Trinajstić information content (AvgIpc) is 2.55. The zero-order valence-electron chi connectivity index (χ0n) is 13.6. The molecular weight excluding hydrogens is 332 g/mol. The molecule has 1 N–H and O–H groups in total. The van der Waals surface area contributed by atoms with Crippen LogP contribution in [-0.4, -0.2) is 47.7 Å². The number of ether oxygens (including phenoxy) is 1. The molecule has 130 valence electrons. The molecule has 1 aliphatic rings. The van der Waals surface area contributed by atoms with Crippen LogP contribution in [0.5, 0.6) is 5.75 Å². The van der Waals surface area contributed by atoms with E-state index in [1.165, 1.54) is 6.92 Å². The number of carbonyl (C=O) groups excluding carboxylic acids is 3. The van der Waals surface area contributed by atoms with Crippen molar-refractivity contribution >= 4 is 29.4 Å². The summed E-state index contributed by atoms with van der Waals surface area (Å²) in [6, 6.07) is 6.67. The van der Waals surface area contributed by atoms with E-state index in [0.29, 0.717) is 49.5 Å². The van der Waals surface area contributed by atoms with E-state index in [0.717, 1.165) is 0 Å². The third-order valence-corrected chi connectivity index (χ3v) is 4.00. The van der Waals surface area contributed by atoms with Crippen molar-refractivity contribution in [1.29, 1.82) is 0 Å². The number of alkyl halides is 1. The molecule has 1 aliphatic heterocycles. The number of esters is 1. The van der Waals surface area contributed by atoms with E-state index in [2.05, 4.69) is 5.32 Å². The summed E-state index contributed by atoms with van der Waals surface area (Å²) in [5.41, 5.74) is 0.485. The lowest BCUT2D eigenvalue weighted by molar-refractivity contribution is -0.131. The second-order valence-corrected chi connectivity index (χ2v) is 6.07. The highest BCUT2D eigenvalue weighted by Gasteiger charge is 2.24. The highest BCUT2D eigenvalue weighted by atomic mass is 35.5. The minimum absolute atomic E-state index is 0.0520. The standard InChI is InChI=1S/C17H21ClN2O4/c1-12(21)24-15-4-2-3-13(11-15)17(23)20-9-6-14(7-10-20)19-16(22)5-8-18/h2-4,11,14H,5-10H2,1H3,(H,19,22). The second-order valence-electron chi connectivity index (χ2n) is 5.69. The highest BCUT2D eigenvalue weighted by Crippen LogP contribution is 2.18. The van der Waals surface area contributed by atoms with Gasteiger partial charge in [-0.3, -0.25) is 14.4 Å². The number of benzene rings is 1. The van der Waals surface area contributed by atoms with Crippen molar-refractivity contribution in [2.75, 3.05) is 19.0 Å². The fourth-order valence-electron chi connectivity index (χ4n) is 2.65. The summed E-state index contributed by atoms with van der Waals surface area (Å²) in [6.07, 6.45) is 1.73. The van der Waals surface area contributed by atoms with Crippen LogP contribution in [0.1, 0.15) is 36.5 Å². The minimum atomic E-state index is -0.423. The van der Waals surface area contributed by atoms with Gasteiger partial charge in [-0.2, -0.15) is 0 Å². The van der Waals surface area contributed by atoms with Crippen molar-refractivity contribution in [3.05, 3.63) is 29.8 Å². The van der Waals surface area contributed by atoms with Crippen molar-refractivity contribution in [3.63, 3.8) is 0 Å². The molecule has 24 heavy (non-hydrogen) atoms. The Hall–Kier alpha value is -2.08. The van der Waals surface area contributed by atoms with Gasteiger partial charge < -0.3 is 15.0 Å². The van der Waals surface area contributed by atoms with Gasteiger partial charge in [-0.1, -0.05) is 6.07 Å². The Bertz CT molecular complexity index is 612. The predicted molar refractivity (Wildman–Crippen MR) is 90.2 cm³/mol. The smallest absolute Gasteiger partial charge is 0.308 e. The van der Waals surface area contributed by atoms with Crippen molar-refractivity contribution in [3.8, 4) is 5.75 Å². The number of halogens is 1. The molecule has 0 bridgehead atoms. The molecule has 1 aromatic carbocycles. The van der Waals surface area contributed by atoms with E-state index >= 15 is 0 Å². The van der Waals surface area contributed by atoms with Gasteiger partial charge in [-0.15, -0.1) is 11.6 Å². The molecule has 0 unspecified atom stereocenters. The van der Waals surface area contributed by atoms with Crippen molar-refractivity contribution in [1.82, 2.24) is 10.2 Å². The van der Waals surface area contributed by atoms with Gasteiger partial charge in [-0.25, -0.2) is 0 Å². The number of carbonyl (C=O) groups is 3. The molecule has 0 spiro atoms. The topological polar surface area (TPSA) is 75.7 Å². The number of nitrogens with one attached hydrogen (secondary N) is 1. The SMILES string of the molecule is CC(=O)Oc1cccc(C(=O)N2CCC(NC(=O)CCCl)CC2)c1. The maximum Gasteiger partial charge on any atom is 0.308 e. The van der Waals surface area contributed by atoms with Gasteiger partial charge in [0.2, 0.25) is 5.91 Å². The van der Waals surface area contributed by atoms with Crippen LogP contribution < -0.4 is 10.1 Å². The number of nitrogens with zero attached hydrogens (tertiary/aromatic N) is 1. The van der Waals surface area contributed by atoms with E-state index in [4.69, 9.17) is 16.3 Å². The minimum Gasteiger partial charge on any atom is -0.427 e.